The maximum atomic E-state index is 4.09. The molecule has 0 amide bonds. The maximum absolute atomic E-state index is 4.09. The zero-order valence-corrected chi connectivity index (χ0v) is 9.40. The quantitative estimate of drug-likeness (QED) is 0.372. The van der Waals surface area contributed by atoms with E-state index in [9.17, 15) is 0 Å². The largest absolute Gasteiger partial charge is 0.243 e. The van der Waals surface area contributed by atoms with E-state index in [-0.39, 0.29) is 0 Å². The minimum Gasteiger partial charge on any atom is -0.243 e. The predicted octanol–water partition coefficient (Wildman–Crippen LogP) is 3.14. The minimum atomic E-state index is 0.736. The van der Waals surface area contributed by atoms with Gasteiger partial charge < -0.3 is 0 Å². The number of nitrogens with one attached hydrogen (secondary N) is 1. The van der Waals surface area contributed by atoms with Gasteiger partial charge in [0.25, 0.3) is 0 Å². The fourth-order valence-corrected chi connectivity index (χ4v) is 1.88. The van der Waals surface area contributed by atoms with Gasteiger partial charge in [0.1, 0.15) is 0 Å². The molecule has 0 bridgehead atoms. The zero-order valence-electron chi connectivity index (χ0n) is 6.42. The molecule has 0 atom stereocenters. The Labute approximate surface area is 84.3 Å². The summed E-state index contributed by atoms with van der Waals surface area (Å²) in [6, 6.07) is 0. The van der Waals surface area contributed by atoms with Crippen LogP contribution in [0, 0.1) is 5.92 Å². The molecule has 1 rings (SSSR count). The summed E-state index contributed by atoms with van der Waals surface area (Å²) >= 11 is 2.17. The highest BCUT2D eigenvalue weighted by molar-refractivity contribution is 14.2. The van der Waals surface area contributed by atoms with E-state index in [1.807, 2.05) is 0 Å². The first-order valence-corrected chi connectivity index (χ1v) is 7.35. The number of halogens is 1. The molecule has 1 N–H and O–H groups in total. The Bertz CT molecular complexity index is 124. The van der Waals surface area contributed by atoms with Crippen molar-refractivity contribution in [3.63, 3.8) is 0 Å². The standard InChI is InChI=1S/C7H13IN2S/c8-11-10-9-6-7-4-2-1-3-5-7/h6-7,10H,1-5H2/b9-6+. The first-order valence-electron chi connectivity index (χ1n) is 3.99. The van der Waals surface area contributed by atoms with Gasteiger partial charge in [0.15, 0.2) is 0 Å². The normalized spacial score (nSPS) is 20.8. The molecule has 11 heavy (non-hydrogen) atoms. The van der Waals surface area contributed by atoms with Gasteiger partial charge in [-0.15, -0.1) is 0 Å². The van der Waals surface area contributed by atoms with E-state index < -0.39 is 0 Å². The van der Waals surface area contributed by atoms with Crippen molar-refractivity contribution in [3.8, 4) is 0 Å². The lowest BCUT2D eigenvalue weighted by molar-refractivity contribution is 0.444. The second kappa shape index (κ2) is 6.11. The Morgan fingerprint density at radius 1 is 1.36 bits per heavy atom. The average molecular weight is 284 g/mol. The van der Waals surface area contributed by atoms with Crippen molar-refractivity contribution in [1.29, 1.82) is 0 Å². The van der Waals surface area contributed by atoms with Gasteiger partial charge in [-0.2, -0.15) is 5.10 Å². The van der Waals surface area contributed by atoms with E-state index in [2.05, 4.69) is 37.4 Å². The smallest absolute Gasteiger partial charge is 0.0396 e. The molecule has 0 radical (unpaired) electrons. The fraction of sp³-hybridized carbons (Fsp3) is 0.857. The summed E-state index contributed by atoms with van der Waals surface area (Å²) in [5, 5.41) is 4.09. The number of hydrogen-bond acceptors (Lipinski definition) is 3. The van der Waals surface area contributed by atoms with E-state index in [4.69, 9.17) is 0 Å². The second-order valence-electron chi connectivity index (χ2n) is 2.84. The Hall–Kier alpha value is 0.550. The van der Waals surface area contributed by atoms with Crippen LogP contribution in [0.5, 0.6) is 0 Å². The van der Waals surface area contributed by atoms with Gasteiger partial charge in [0, 0.05) is 36.5 Å². The van der Waals surface area contributed by atoms with Crippen LogP contribution in [0.4, 0.5) is 0 Å². The summed E-state index contributed by atoms with van der Waals surface area (Å²) in [5.41, 5.74) is 0. The molecule has 0 aromatic heterocycles. The molecule has 0 unspecified atom stereocenters. The summed E-state index contributed by atoms with van der Waals surface area (Å²) in [5.74, 6) is 0.736. The Morgan fingerprint density at radius 3 is 2.73 bits per heavy atom. The molecule has 0 spiro atoms. The Balaban J connectivity index is 2.13. The molecule has 1 fully saturated rings. The molecule has 64 valence electrons. The minimum absolute atomic E-state index is 0.736. The van der Waals surface area contributed by atoms with Gasteiger partial charge in [-0.05, 0) is 18.8 Å². The number of nitrogens with zero attached hydrogens (tertiary/aromatic N) is 1. The first kappa shape index (κ1) is 9.64. The van der Waals surface area contributed by atoms with Gasteiger partial charge >= 0.3 is 0 Å². The monoisotopic (exact) mass is 284 g/mol. The van der Waals surface area contributed by atoms with E-state index in [0.717, 1.165) is 5.92 Å². The summed E-state index contributed by atoms with van der Waals surface area (Å²) in [7, 11) is 1.51. The molecule has 1 aliphatic carbocycles. The van der Waals surface area contributed by atoms with Crippen molar-refractivity contribution in [2.45, 2.75) is 32.1 Å². The highest BCUT2D eigenvalue weighted by Gasteiger charge is 2.10. The second-order valence-corrected chi connectivity index (χ2v) is 4.50. The summed E-state index contributed by atoms with van der Waals surface area (Å²) in [6.07, 6.45) is 8.90. The van der Waals surface area contributed by atoms with Crippen molar-refractivity contribution in [2.75, 3.05) is 0 Å². The molecule has 0 saturated heterocycles. The molecule has 0 aromatic carbocycles. The molecule has 1 saturated carbocycles. The fourth-order valence-electron chi connectivity index (χ4n) is 1.44. The SMILES string of the molecule is ISN/N=C/C1CCCCC1. The molecule has 0 heterocycles. The maximum Gasteiger partial charge on any atom is 0.0396 e. The van der Waals surface area contributed by atoms with Crippen LogP contribution in [0.1, 0.15) is 32.1 Å². The molecule has 1 aliphatic rings. The van der Waals surface area contributed by atoms with Crippen molar-refractivity contribution in [3.05, 3.63) is 0 Å². The van der Waals surface area contributed by atoms with Gasteiger partial charge in [-0.1, -0.05) is 19.3 Å². The van der Waals surface area contributed by atoms with Crippen LogP contribution >= 0.6 is 30.3 Å². The summed E-state index contributed by atoms with van der Waals surface area (Å²) in [6.45, 7) is 0. The highest BCUT2D eigenvalue weighted by atomic mass is 127. The molecule has 2 nitrogen and oxygen atoms in total. The third-order valence-electron chi connectivity index (χ3n) is 2.02. The third kappa shape index (κ3) is 4.20. The van der Waals surface area contributed by atoms with Crippen LogP contribution in [-0.2, 0) is 0 Å². The van der Waals surface area contributed by atoms with Crippen LogP contribution in [-0.4, -0.2) is 6.21 Å². The molecule has 4 heteroatoms. The molecular formula is C7H13IN2S. The van der Waals surface area contributed by atoms with E-state index >= 15 is 0 Å². The molecule has 0 aliphatic heterocycles. The van der Waals surface area contributed by atoms with Crippen molar-refractivity contribution in [1.82, 2.24) is 4.83 Å². The van der Waals surface area contributed by atoms with Crippen molar-refractivity contribution in [2.24, 2.45) is 11.0 Å². The predicted molar refractivity (Wildman–Crippen MR) is 59.8 cm³/mol. The van der Waals surface area contributed by atoms with Crippen LogP contribution in [0.25, 0.3) is 0 Å². The topological polar surface area (TPSA) is 24.4 Å². The van der Waals surface area contributed by atoms with Gasteiger partial charge in [-0.3, -0.25) is 0 Å². The lowest BCUT2D eigenvalue weighted by atomic mass is 9.90. The summed E-state index contributed by atoms with van der Waals surface area (Å²) in [4.78, 5) is 2.87. The van der Waals surface area contributed by atoms with E-state index in [0.29, 0.717) is 0 Å². The summed E-state index contributed by atoms with van der Waals surface area (Å²) < 4.78 is 0. The Morgan fingerprint density at radius 2 is 2.09 bits per heavy atom. The van der Waals surface area contributed by atoms with Gasteiger partial charge in [0.2, 0.25) is 0 Å². The lowest BCUT2D eigenvalue weighted by Crippen LogP contribution is -2.08. The highest BCUT2D eigenvalue weighted by Crippen LogP contribution is 2.21. The number of hydrogen-bond donors (Lipinski definition) is 1. The molecular weight excluding hydrogens is 271 g/mol. The Kier molecular flexibility index (Phi) is 5.35. The first-order chi connectivity index (χ1) is 5.43. The van der Waals surface area contributed by atoms with Crippen molar-refractivity contribution >= 4 is 36.5 Å². The van der Waals surface area contributed by atoms with Crippen LogP contribution < -0.4 is 4.83 Å². The van der Waals surface area contributed by atoms with Crippen LogP contribution in [0.3, 0.4) is 0 Å². The van der Waals surface area contributed by atoms with Crippen LogP contribution in [0.2, 0.25) is 0 Å². The van der Waals surface area contributed by atoms with Crippen molar-refractivity contribution < 1.29 is 0 Å². The van der Waals surface area contributed by atoms with E-state index in [1.165, 1.54) is 41.2 Å². The number of hydrazone groups is 1. The van der Waals surface area contributed by atoms with E-state index in [1.54, 1.807) is 0 Å². The number of rotatable bonds is 3. The molecule has 0 aromatic rings. The lowest BCUT2D eigenvalue weighted by Gasteiger charge is -2.16. The third-order valence-corrected chi connectivity index (χ3v) is 2.79. The van der Waals surface area contributed by atoms with Gasteiger partial charge in [-0.25, -0.2) is 4.83 Å². The van der Waals surface area contributed by atoms with Gasteiger partial charge in [0.05, 0.1) is 0 Å². The average Bonchev–Trinajstić information content (AvgIpc) is 2.07. The zero-order chi connectivity index (χ0) is 7.94. The van der Waals surface area contributed by atoms with Crippen LogP contribution in [0.15, 0.2) is 5.10 Å².